The van der Waals surface area contributed by atoms with E-state index in [9.17, 15) is 9.59 Å². The molecule has 1 aromatic rings. The SMILES string of the molecule is CC1CC1C(=O)Nc1cccc(C(=O)NCC(C)(C)N)c1. The summed E-state index contributed by atoms with van der Waals surface area (Å²) >= 11 is 0. The van der Waals surface area contributed by atoms with Gasteiger partial charge in [-0.05, 0) is 44.4 Å². The zero-order valence-electron chi connectivity index (χ0n) is 12.8. The van der Waals surface area contributed by atoms with E-state index in [1.807, 2.05) is 13.8 Å². The number of benzene rings is 1. The Hall–Kier alpha value is -1.88. The zero-order chi connectivity index (χ0) is 15.6. The van der Waals surface area contributed by atoms with Crippen molar-refractivity contribution in [1.82, 2.24) is 5.32 Å². The summed E-state index contributed by atoms with van der Waals surface area (Å²) < 4.78 is 0. The molecular formula is C16H23N3O2. The molecule has 2 rings (SSSR count). The third-order valence-electron chi connectivity index (χ3n) is 3.54. The van der Waals surface area contributed by atoms with Crippen LogP contribution in [0.2, 0.25) is 0 Å². The second-order valence-electron chi connectivity index (χ2n) is 6.56. The molecule has 0 heterocycles. The molecule has 0 aromatic heterocycles. The summed E-state index contributed by atoms with van der Waals surface area (Å²) in [6.07, 6.45) is 0.942. The Kier molecular flexibility index (Phi) is 4.32. The summed E-state index contributed by atoms with van der Waals surface area (Å²) in [5.74, 6) is 0.413. The number of nitrogens with two attached hydrogens (primary N) is 1. The van der Waals surface area contributed by atoms with Crippen molar-refractivity contribution >= 4 is 17.5 Å². The molecule has 114 valence electrons. The number of amides is 2. The Bertz CT molecular complexity index is 549. The fourth-order valence-corrected chi connectivity index (χ4v) is 2.07. The Balaban J connectivity index is 1.97. The van der Waals surface area contributed by atoms with Gasteiger partial charge in [0, 0.05) is 29.3 Å². The number of hydrogen-bond donors (Lipinski definition) is 3. The lowest BCUT2D eigenvalue weighted by Crippen LogP contribution is -2.45. The van der Waals surface area contributed by atoms with E-state index in [1.165, 1.54) is 0 Å². The Labute approximate surface area is 125 Å². The molecule has 4 N–H and O–H groups in total. The summed E-state index contributed by atoms with van der Waals surface area (Å²) in [5.41, 5.74) is 6.55. The van der Waals surface area contributed by atoms with Gasteiger partial charge in [-0.2, -0.15) is 0 Å². The molecule has 0 bridgehead atoms. The number of carbonyl (C=O) groups is 2. The van der Waals surface area contributed by atoms with Crippen molar-refractivity contribution in [2.75, 3.05) is 11.9 Å². The molecule has 1 fully saturated rings. The van der Waals surface area contributed by atoms with Gasteiger partial charge in [0.15, 0.2) is 0 Å². The van der Waals surface area contributed by atoms with E-state index in [4.69, 9.17) is 5.73 Å². The first kappa shape index (κ1) is 15.5. The molecule has 1 saturated carbocycles. The molecule has 5 nitrogen and oxygen atoms in total. The molecule has 2 amide bonds. The van der Waals surface area contributed by atoms with E-state index >= 15 is 0 Å². The first-order chi connectivity index (χ1) is 9.76. The van der Waals surface area contributed by atoms with Crippen LogP contribution in [-0.4, -0.2) is 23.9 Å². The van der Waals surface area contributed by atoms with Crippen molar-refractivity contribution in [3.05, 3.63) is 29.8 Å². The molecule has 21 heavy (non-hydrogen) atoms. The fourth-order valence-electron chi connectivity index (χ4n) is 2.07. The minimum absolute atomic E-state index is 0.0307. The van der Waals surface area contributed by atoms with Gasteiger partial charge in [-0.25, -0.2) is 0 Å². The quantitative estimate of drug-likeness (QED) is 0.772. The standard InChI is InChI=1S/C16H23N3O2/c1-10-7-13(10)15(21)19-12-6-4-5-11(8-12)14(20)18-9-16(2,3)17/h4-6,8,10,13H,7,9,17H2,1-3H3,(H,18,20)(H,19,21). The van der Waals surface area contributed by atoms with E-state index < -0.39 is 5.54 Å². The third-order valence-corrected chi connectivity index (χ3v) is 3.54. The summed E-state index contributed by atoms with van der Waals surface area (Å²) in [6, 6.07) is 6.95. The van der Waals surface area contributed by atoms with Gasteiger partial charge in [0.25, 0.3) is 5.91 Å². The predicted octanol–water partition coefficient (Wildman–Crippen LogP) is 1.75. The van der Waals surface area contributed by atoms with Crippen LogP contribution in [0, 0.1) is 11.8 Å². The Morgan fingerprint density at radius 3 is 2.62 bits per heavy atom. The smallest absolute Gasteiger partial charge is 0.251 e. The lowest BCUT2D eigenvalue weighted by molar-refractivity contribution is -0.117. The Morgan fingerprint density at radius 1 is 1.38 bits per heavy atom. The van der Waals surface area contributed by atoms with Crippen LogP contribution >= 0.6 is 0 Å². The highest BCUT2D eigenvalue weighted by Crippen LogP contribution is 2.38. The molecule has 0 radical (unpaired) electrons. The van der Waals surface area contributed by atoms with Crippen molar-refractivity contribution in [2.24, 2.45) is 17.6 Å². The van der Waals surface area contributed by atoms with Gasteiger partial charge in [0.05, 0.1) is 0 Å². The molecule has 0 aliphatic heterocycles. The number of rotatable bonds is 5. The van der Waals surface area contributed by atoms with Crippen LogP contribution in [0.3, 0.4) is 0 Å². The lowest BCUT2D eigenvalue weighted by Gasteiger charge is -2.19. The fraction of sp³-hybridized carbons (Fsp3) is 0.500. The topological polar surface area (TPSA) is 84.2 Å². The van der Waals surface area contributed by atoms with Gasteiger partial charge >= 0.3 is 0 Å². The number of nitrogens with one attached hydrogen (secondary N) is 2. The van der Waals surface area contributed by atoms with Crippen molar-refractivity contribution < 1.29 is 9.59 Å². The normalized spacial score (nSPS) is 20.8. The van der Waals surface area contributed by atoms with Crippen LogP contribution in [-0.2, 0) is 4.79 Å². The maximum absolute atomic E-state index is 12.0. The van der Waals surface area contributed by atoms with Crippen LogP contribution in [0.4, 0.5) is 5.69 Å². The lowest BCUT2D eigenvalue weighted by atomic mass is 10.1. The van der Waals surface area contributed by atoms with Gasteiger partial charge in [-0.15, -0.1) is 0 Å². The molecule has 1 aromatic carbocycles. The molecule has 2 unspecified atom stereocenters. The Morgan fingerprint density at radius 2 is 2.05 bits per heavy atom. The van der Waals surface area contributed by atoms with Gasteiger partial charge in [-0.1, -0.05) is 13.0 Å². The number of carbonyl (C=O) groups excluding carboxylic acids is 2. The molecule has 0 spiro atoms. The van der Waals surface area contributed by atoms with Gasteiger partial charge in [-0.3, -0.25) is 9.59 Å². The maximum Gasteiger partial charge on any atom is 0.251 e. The first-order valence-corrected chi connectivity index (χ1v) is 7.24. The summed E-state index contributed by atoms with van der Waals surface area (Å²) in [4.78, 5) is 23.9. The van der Waals surface area contributed by atoms with Crippen LogP contribution in [0.15, 0.2) is 24.3 Å². The van der Waals surface area contributed by atoms with Crippen molar-refractivity contribution in [1.29, 1.82) is 0 Å². The number of anilines is 1. The van der Waals surface area contributed by atoms with Crippen LogP contribution < -0.4 is 16.4 Å². The largest absolute Gasteiger partial charge is 0.350 e. The van der Waals surface area contributed by atoms with Crippen molar-refractivity contribution in [3.8, 4) is 0 Å². The van der Waals surface area contributed by atoms with Crippen LogP contribution in [0.1, 0.15) is 37.6 Å². The van der Waals surface area contributed by atoms with E-state index in [-0.39, 0.29) is 17.7 Å². The van der Waals surface area contributed by atoms with Crippen LogP contribution in [0.25, 0.3) is 0 Å². The average molecular weight is 289 g/mol. The minimum atomic E-state index is -0.455. The van der Waals surface area contributed by atoms with Crippen molar-refractivity contribution in [2.45, 2.75) is 32.7 Å². The second-order valence-corrected chi connectivity index (χ2v) is 6.56. The van der Waals surface area contributed by atoms with Gasteiger partial charge in [0.2, 0.25) is 5.91 Å². The number of hydrogen-bond acceptors (Lipinski definition) is 3. The molecule has 5 heteroatoms. The monoisotopic (exact) mass is 289 g/mol. The highest BCUT2D eigenvalue weighted by atomic mass is 16.2. The van der Waals surface area contributed by atoms with E-state index in [0.717, 1.165) is 6.42 Å². The summed E-state index contributed by atoms with van der Waals surface area (Å²) in [6.45, 7) is 6.14. The van der Waals surface area contributed by atoms with E-state index in [1.54, 1.807) is 24.3 Å². The second kappa shape index (κ2) is 5.85. The molecule has 2 atom stereocenters. The minimum Gasteiger partial charge on any atom is -0.350 e. The van der Waals surface area contributed by atoms with Gasteiger partial charge in [0.1, 0.15) is 0 Å². The van der Waals surface area contributed by atoms with E-state index in [0.29, 0.717) is 23.7 Å². The molecule has 1 aliphatic rings. The van der Waals surface area contributed by atoms with Gasteiger partial charge < -0.3 is 16.4 Å². The highest BCUT2D eigenvalue weighted by Gasteiger charge is 2.39. The highest BCUT2D eigenvalue weighted by molar-refractivity contribution is 5.98. The molecular weight excluding hydrogens is 266 g/mol. The zero-order valence-corrected chi connectivity index (χ0v) is 12.8. The molecule has 1 aliphatic carbocycles. The third kappa shape index (κ3) is 4.56. The first-order valence-electron chi connectivity index (χ1n) is 7.24. The average Bonchev–Trinajstić information content (AvgIpc) is 3.13. The molecule has 0 saturated heterocycles. The predicted molar refractivity (Wildman–Crippen MR) is 82.9 cm³/mol. The summed E-state index contributed by atoms with van der Waals surface area (Å²) in [7, 11) is 0. The van der Waals surface area contributed by atoms with Crippen LogP contribution in [0.5, 0.6) is 0 Å². The van der Waals surface area contributed by atoms with Crippen molar-refractivity contribution in [3.63, 3.8) is 0 Å². The maximum atomic E-state index is 12.0. The van der Waals surface area contributed by atoms with E-state index in [2.05, 4.69) is 17.6 Å². The summed E-state index contributed by atoms with van der Waals surface area (Å²) in [5, 5.41) is 5.64.